The lowest BCUT2D eigenvalue weighted by Crippen LogP contribution is -2.35. The van der Waals surface area contributed by atoms with Crippen molar-refractivity contribution in [1.29, 1.82) is 0 Å². The molecule has 1 unspecified atom stereocenters. The Labute approximate surface area is 176 Å². The third-order valence-electron chi connectivity index (χ3n) is 5.72. The minimum atomic E-state index is 0.179. The summed E-state index contributed by atoms with van der Waals surface area (Å²) in [5.41, 5.74) is 7.72. The molecule has 5 heteroatoms. The van der Waals surface area contributed by atoms with Gasteiger partial charge in [0.25, 0.3) is 0 Å². The summed E-state index contributed by atoms with van der Waals surface area (Å²) in [7, 11) is 1.70. The molecule has 30 heavy (non-hydrogen) atoms. The van der Waals surface area contributed by atoms with Crippen molar-refractivity contribution < 1.29 is 4.74 Å². The van der Waals surface area contributed by atoms with Crippen LogP contribution in [0.1, 0.15) is 24.1 Å². The van der Waals surface area contributed by atoms with E-state index in [2.05, 4.69) is 83.4 Å². The first-order valence-corrected chi connectivity index (χ1v) is 10.1. The molecular weight excluding hydrogens is 372 g/mol. The number of hydrazine groups is 1. The van der Waals surface area contributed by atoms with Crippen molar-refractivity contribution in [3.8, 4) is 17.1 Å². The smallest absolute Gasteiger partial charge is 0.120 e. The molecule has 4 aromatic rings. The van der Waals surface area contributed by atoms with Crippen molar-refractivity contribution >= 4 is 17.1 Å². The zero-order valence-corrected chi connectivity index (χ0v) is 17.3. The molecule has 3 heterocycles. The third-order valence-corrected chi connectivity index (χ3v) is 5.72. The van der Waals surface area contributed by atoms with Gasteiger partial charge in [0.15, 0.2) is 0 Å². The van der Waals surface area contributed by atoms with Crippen LogP contribution in [0.15, 0.2) is 79.1 Å². The van der Waals surface area contributed by atoms with Crippen LogP contribution in [0.3, 0.4) is 0 Å². The van der Waals surface area contributed by atoms with Crippen LogP contribution >= 0.6 is 0 Å². The molecule has 1 N–H and O–H groups in total. The summed E-state index contributed by atoms with van der Waals surface area (Å²) in [5.74, 6) is 0.839. The van der Waals surface area contributed by atoms with Crippen molar-refractivity contribution in [2.24, 2.45) is 0 Å². The number of benzene rings is 2. The van der Waals surface area contributed by atoms with Crippen molar-refractivity contribution in [2.45, 2.75) is 19.9 Å². The van der Waals surface area contributed by atoms with E-state index in [-0.39, 0.29) is 6.04 Å². The van der Waals surface area contributed by atoms with E-state index in [1.54, 1.807) is 7.11 Å². The highest BCUT2D eigenvalue weighted by Crippen LogP contribution is 2.46. The number of aromatic nitrogens is 2. The van der Waals surface area contributed by atoms with Gasteiger partial charge in [0.05, 0.1) is 47.8 Å². The SMILES string of the molecule is COc1cccc(N2C(C)c3ccccc3N2c2ccc(-c3[nH]ccc3C)nc2)c1. The highest BCUT2D eigenvalue weighted by atomic mass is 16.5. The van der Waals surface area contributed by atoms with Crippen LogP contribution in [0.4, 0.5) is 17.1 Å². The highest BCUT2D eigenvalue weighted by Gasteiger charge is 2.35. The second-order valence-electron chi connectivity index (χ2n) is 7.53. The van der Waals surface area contributed by atoms with Gasteiger partial charge in [-0.2, -0.15) is 0 Å². The van der Waals surface area contributed by atoms with E-state index in [4.69, 9.17) is 9.72 Å². The molecule has 1 aliphatic heterocycles. The first kappa shape index (κ1) is 18.3. The second kappa shape index (κ2) is 7.26. The quantitative estimate of drug-likeness (QED) is 0.457. The number of aryl methyl sites for hydroxylation is 1. The number of ether oxygens (including phenoxy) is 1. The summed E-state index contributed by atoms with van der Waals surface area (Å²) in [6, 6.07) is 23.2. The molecule has 2 aromatic heterocycles. The second-order valence-corrected chi connectivity index (χ2v) is 7.53. The minimum absolute atomic E-state index is 0.179. The van der Waals surface area contributed by atoms with Crippen molar-refractivity contribution in [3.63, 3.8) is 0 Å². The molecule has 0 radical (unpaired) electrons. The fourth-order valence-electron chi connectivity index (χ4n) is 4.19. The Morgan fingerprint density at radius 3 is 2.57 bits per heavy atom. The van der Waals surface area contributed by atoms with Crippen molar-refractivity contribution in [2.75, 3.05) is 17.1 Å². The minimum Gasteiger partial charge on any atom is -0.497 e. The summed E-state index contributed by atoms with van der Waals surface area (Å²) in [5, 5.41) is 4.54. The number of aromatic amines is 1. The number of nitrogens with zero attached hydrogens (tertiary/aromatic N) is 3. The third kappa shape index (κ3) is 2.90. The largest absolute Gasteiger partial charge is 0.497 e. The first-order chi connectivity index (χ1) is 14.7. The number of hydrogen-bond acceptors (Lipinski definition) is 4. The fraction of sp³-hybridized carbons (Fsp3) is 0.160. The van der Waals surface area contributed by atoms with E-state index in [0.29, 0.717) is 0 Å². The lowest BCUT2D eigenvalue weighted by atomic mass is 10.1. The molecule has 5 rings (SSSR count). The van der Waals surface area contributed by atoms with Crippen LogP contribution < -0.4 is 14.8 Å². The first-order valence-electron chi connectivity index (χ1n) is 10.1. The van der Waals surface area contributed by atoms with Gasteiger partial charge in [0.2, 0.25) is 0 Å². The molecule has 0 saturated carbocycles. The Kier molecular flexibility index (Phi) is 4.43. The van der Waals surface area contributed by atoms with Gasteiger partial charge in [-0.1, -0.05) is 24.3 Å². The zero-order valence-electron chi connectivity index (χ0n) is 17.3. The number of methoxy groups -OCH3 is 1. The molecule has 5 nitrogen and oxygen atoms in total. The summed E-state index contributed by atoms with van der Waals surface area (Å²) >= 11 is 0. The molecule has 1 aliphatic rings. The topological polar surface area (TPSA) is 44.4 Å². The molecule has 0 amide bonds. The lowest BCUT2D eigenvalue weighted by Gasteiger charge is -2.35. The van der Waals surface area contributed by atoms with Gasteiger partial charge in [-0.05, 0) is 55.8 Å². The van der Waals surface area contributed by atoms with E-state index in [0.717, 1.165) is 28.5 Å². The normalized spacial score (nSPS) is 15.4. The summed E-state index contributed by atoms with van der Waals surface area (Å²) in [6.45, 7) is 4.31. The van der Waals surface area contributed by atoms with E-state index >= 15 is 0 Å². The maximum Gasteiger partial charge on any atom is 0.120 e. The lowest BCUT2D eigenvalue weighted by molar-refractivity contribution is 0.414. The maximum atomic E-state index is 5.47. The molecule has 0 spiro atoms. The predicted molar refractivity (Wildman–Crippen MR) is 121 cm³/mol. The number of H-pyrrole nitrogens is 1. The molecule has 2 aromatic carbocycles. The highest BCUT2D eigenvalue weighted by molar-refractivity contribution is 5.78. The van der Waals surface area contributed by atoms with Crippen LogP contribution in [0.2, 0.25) is 0 Å². The van der Waals surface area contributed by atoms with Gasteiger partial charge >= 0.3 is 0 Å². The van der Waals surface area contributed by atoms with E-state index in [9.17, 15) is 0 Å². The Bertz CT molecular complexity index is 1180. The number of hydrogen-bond donors (Lipinski definition) is 1. The van der Waals surface area contributed by atoms with Crippen molar-refractivity contribution in [1.82, 2.24) is 9.97 Å². The Balaban J connectivity index is 1.60. The molecule has 0 aliphatic carbocycles. The van der Waals surface area contributed by atoms with Crippen LogP contribution in [0.25, 0.3) is 11.4 Å². The molecule has 1 atom stereocenters. The Morgan fingerprint density at radius 1 is 0.967 bits per heavy atom. The van der Waals surface area contributed by atoms with Gasteiger partial charge in [0.1, 0.15) is 5.75 Å². The Morgan fingerprint density at radius 2 is 1.83 bits per heavy atom. The van der Waals surface area contributed by atoms with Crippen LogP contribution in [-0.2, 0) is 0 Å². The molecule has 0 fully saturated rings. The van der Waals surface area contributed by atoms with Gasteiger partial charge in [-0.3, -0.25) is 15.0 Å². The zero-order chi connectivity index (χ0) is 20.7. The Hall–Kier alpha value is -3.73. The summed E-state index contributed by atoms with van der Waals surface area (Å²) < 4.78 is 5.47. The van der Waals surface area contributed by atoms with Crippen LogP contribution in [-0.4, -0.2) is 17.1 Å². The predicted octanol–water partition coefficient (Wildman–Crippen LogP) is 6.03. The average molecular weight is 396 g/mol. The van der Waals surface area contributed by atoms with E-state index < -0.39 is 0 Å². The average Bonchev–Trinajstić information content (AvgIpc) is 3.35. The molecule has 0 bridgehead atoms. The summed E-state index contributed by atoms with van der Waals surface area (Å²) in [6.07, 6.45) is 3.89. The van der Waals surface area contributed by atoms with E-state index in [1.165, 1.54) is 16.8 Å². The number of para-hydroxylation sites is 1. The standard InChI is InChI=1S/C25H24N4O/c1-17-13-14-26-25(17)23-12-11-20(16-27-23)29-24-10-5-4-9-22(24)18(2)28(29)19-7-6-8-21(15-19)30-3/h4-16,18,26H,1-3H3. The molecular formula is C25H24N4O. The number of pyridine rings is 1. The van der Waals surface area contributed by atoms with Gasteiger partial charge in [0, 0.05) is 17.8 Å². The van der Waals surface area contributed by atoms with E-state index in [1.807, 2.05) is 24.5 Å². The number of fused-ring (bicyclic) bond motifs is 1. The monoisotopic (exact) mass is 396 g/mol. The van der Waals surface area contributed by atoms with Crippen LogP contribution in [0, 0.1) is 6.92 Å². The van der Waals surface area contributed by atoms with Gasteiger partial charge in [-0.25, -0.2) is 0 Å². The molecule has 0 saturated heterocycles. The number of nitrogens with one attached hydrogen (secondary N) is 1. The van der Waals surface area contributed by atoms with Crippen LogP contribution in [0.5, 0.6) is 5.75 Å². The number of anilines is 3. The molecule has 150 valence electrons. The van der Waals surface area contributed by atoms with Gasteiger partial charge < -0.3 is 9.72 Å². The number of rotatable bonds is 4. The maximum absolute atomic E-state index is 5.47. The van der Waals surface area contributed by atoms with Gasteiger partial charge in [-0.15, -0.1) is 0 Å². The summed E-state index contributed by atoms with van der Waals surface area (Å²) in [4.78, 5) is 8.04. The van der Waals surface area contributed by atoms with Crippen molar-refractivity contribution in [3.05, 3.63) is 90.3 Å². The fourth-order valence-corrected chi connectivity index (χ4v) is 4.19.